The molecule has 0 aromatic carbocycles. The second-order valence-electron chi connectivity index (χ2n) is 5.11. The Morgan fingerprint density at radius 3 is 2.94 bits per heavy atom. The SMILES string of the molecule is CCC1CCCC(c2nc(Cl)cc(COC)n2)C1. The van der Waals surface area contributed by atoms with E-state index >= 15 is 0 Å². The van der Waals surface area contributed by atoms with Crippen LogP contribution in [0.3, 0.4) is 0 Å². The van der Waals surface area contributed by atoms with Crippen molar-refractivity contribution in [2.24, 2.45) is 5.92 Å². The highest BCUT2D eigenvalue weighted by atomic mass is 35.5. The second kappa shape index (κ2) is 6.48. The molecule has 1 heterocycles. The van der Waals surface area contributed by atoms with Crippen LogP contribution < -0.4 is 0 Å². The summed E-state index contributed by atoms with van der Waals surface area (Å²) in [5.41, 5.74) is 0.881. The van der Waals surface area contributed by atoms with E-state index in [1.54, 1.807) is 13.2 Å². The maximum atomic E-state index is 6.07. The molecule has 1 aromatic heterocycles. The van der Waals surface area contributed by atoms with Crippen LogP contribution in [0, 0.1) is 5.92 Å². The zero-order valence-electron chi connectivity index (χ0n) is 11.2. The van der Waals surface area contributed by atoms with Crippen molar-refractivity contribution in [1.82, 2.24) is 9.97 Å². The lowest BCUT2D eigenvalue weighted by atomic mass is 9.80. The molecule has 1 fully saturated rings. The molecule has 0 saturated heterocycles. The molecule has 0 N–H and O–H groups in total. The minimum Gasteiger partial charge on any atom is -0.378 e. The summed E-state index contributed by atoms with van der Waals surface area (Å²) in [5.74, 6) is 2.20. The van der Waals surface area contributed by atoms with Crippen LogP contribution in [0.5, 0.6) is 0 Å². The Morgan fingerprint density at radius 1 is 1.39 bits per heavy atom. The van der Waals surface area contributed by atoms with Crippen molar-refractivity contribution in [1.29, 1.82) is 0 Å². The van der Waals surface area contributed by atoms with Crippen LogP contribution in [0.4, 0.5) is 0 Å². The van der Waals surface area contributed by atoms with Crippen molar-refractivity contribution in [3.05, 3.63) is 22.7 Å². The van der Waals surface area contributed by atoms with E-state index in [4.69, 9.17) is 16.3 Å². The maximum Gasteiger partial charge on any atom is 0.133 e. The van der Waals surface area contributed by atoms with Crippen molar-refractivity contribution in [3.8, 4) is 0 Å². The van der Waals surface area contributed by atoms with Gasteiger partial charge in [-0.15, -0.1) is 0 Å². The average Bonchev–Trinajstić information content (AvgIpc) is 2.38. The van der Waals surface area contributed by atoms with Crippen molar-refractivity contribution in [3.63, 3.8) is 0 Å². The summed E-state index contributed by atoms with van der Waals surface area (Å²) in [5, 5.41) is 0.533. The molecule has 0 amide bonds. The molecule has 0 spiro atoms. The summed E-state index contributed by atoms with van der Waals surface area (Å²) in [6.07, 6.45) is 6.26. The fraction of sp³-hybridized carbons (Fsp3) is 0.714. The highest BCUT2D eigenvalue weighted by Gasteiger charge is 2.24. The normalized spacial score (nSPS) is 24.2. The Balaban J connectivity index is 2.16. The molecule has 1 aliphatic carbocycles. The van der Waals surface area contributed by atoms with Gasteiger partial charge in [-0.1, -0.05) is 37.8 Å². The molecule has 1 aromatic rings. The van der Waals surface area contributed by atoms with Gasteiger partial charge < -0.3 is 4.74 Å². The van der Waals surface area contributed by atoms with Gasteiger partial charge in [0.15, 0.2) is 0 Å². The summed E-state index contributed by atoms with van der Waals surface area (Å²) in [6, 6.07) is 1.79. The van der Waals surface area contributed by atoms with Gasteiger partial charge in [0.05, 0.1) is 12.3 Å². The lowest BCUT2D eigenvalue weighted by Gasteiger charge is -2.27. The zero-order valence-corrected chi connectivity index (χ0v) is 11.9. The van der Waals surface area contributed by atoms with Gasteiger partial charge in [0.25, 0.3) is 0 Å². The van der Waals surface area contributed by atoms with E-state index in [2.05, 4.69) is 16.9 Å². The Kier molecular flexibility index (Phi) is 4.95. The van der Waals surface area contributed by atoms with Crippen LogP contribution >= 0.6 is 11.6 Å². The third kappa shape index (κ3) is 3.42. The topological polar surface area (TPSA) is 35.0 Å². The minimum atomic E-state index is 0.470. The van der Waals surface area contributed by atoms with Gasteiger partial charge in [0.1, 0.15) is 11.0 Å². The van der Waals surface area contributed by atoms with Gasteiger partial charge in [-0.05, 0) is 24.8 Å². The first-order valence-corrected chi connectivity index (χ1v) is 7.13. The third-order valence-corrected chi connectivity index (χ3v) is 3.98. The molecular weight excluding hydrogens is 248 g/mol. The lowest BCUT2D eigenvalue weighted by Crippen LogP contribution is -2.16. The molecule has 0 aliphatic heterocycles. The van der Waals surface area contributed by atoms with Gasteiger partial charge in [0.2, 0.25) is 0 Å². The van der Waals surface area contributed by atoms with E-state index in [0.717, 1.165) is 17.4 Å². The van der Waals surface area contributed by atoms with E-state index in [9.17, 15) is 0 Å². The van der Waals surface area contributed by atoms with Gasteiger partial charge in [-0.2, -0.15) is 0 Å². The highest BCUT2D eigenvalue weighted by Crippen LogP contribution is 2.36. The molecular formula is C14H21ClN2O. The molecule has 0 bridgehead atoms. The minimum absolute atomic E-state index is 0.470. The number of methoxy groups -OCH3 is 1. The van der Waals surface area contributed by atoms with Gasteiger partial charge in [-0.3, -0.25) is 0 Å². The average molecular weight is 269 g/mol. The summed E-state index contributed by atoms with van der Waals surface area (Å²) >= 11 is 6.07. The van der Waals surface area contributed by atoms with Crippen molar-refractivity contribution >= 4 is 11.6 Å². The first-order valence-electron chi connectivity index (χ1n) is 6.75. The van der Waals surface area contributed by atoms with Crippen molar-refractivity contribution in [2.45, 2.75) is 51.6 Å². The van der Waals surface area contributed by atoms with Gasteiger partial charge in [0, 0.05) is 13.0 Å². The third-order valence-electron chi connectivity index (χ3n) is 3.78. The molecule has 100 valence electrons. The van der Waals surface area contributed by atoms with E-state index in [1.165, 1.54) is 32.1 Å². The Hall–Kier alpha value is -0.670. The first kappa shape index (κ1) is 13.8. The Labute approximate surface area is 114 Å². The van der Waals surface area contributed by atoms with E-state index < -0.39 is 0 Å². The summed E-state index contributed by atoms with van der Waals surface area (Å²) in [6.45, 7) is 2.77. The summed E-state index contributed by atoms with van der Waals surface area (Å²) < 4.78 is 5.12. The van der Waals surface area contributed by atoms with Gasteiger partial charge in [-0.25, -0.2) is 9.97 Å². The zero-order chi connectivity index (χ0) is 13.0. The van der Waals surface area contributed by atoms with E-state index in [0.29, 0.717) is 17.7 Å². The monoisotopic (exact) mass is 268 g/mol. The van der Waals surface area contributed by atoms with Crippen molar-refractivity contribution < 1.29 is 4.74 Å². The van der Waals surface area contributed by atoms with Crippen molar-refractivity contribution in [2.75, 3.05) is 7.11 Å². The molecule has 0 radical (unpaired) electrons. The van der Waals surface area contributed by atoms with Crippen LogP contribution in [-0.2, 0) is 11.3 Å². The number of ether oxygens (including phenoxy) is 1. The largest absolute Gasteiger partial charge is 0.378 e. The molecule has 1 saturated carbocycles. The predicted molar refractivity (Wildman–Crippen MR) is 72.7 cm³/mol. The number of nitrogens with zero attached hydrogens (tertiary/aromatic N) is 2. The van der Waals surface area contributed by atoms with Crippen LogP contribution in [0.1, 0.15) is 56.5 Å². The molecule has 4 heteroatoms. The van der Waals surface area contributed by atoms with E-state index in [1.807, 2.05) is 0 Å². The fourth-order valence-corrected chi connectivity index (χ4v) is 3.00. The van der Waals surface area contributed by atoms with E-state index in [-0.39, 0.29) is 0 Å². The Bertz CT molecular complexity index is 397. The summed E-state index contributed by atoms with van der Waals surface area (Å²) in [4.78, 5) is 9.00. The summed E-state index contributed by atoms with van der Waals surface area (Å²) in [7, 11) is 1.67. The van der Waals surface area contributed by atoms with Crippen LogP contribution in [0.15, 0.2) is 6.07 Å². The molecule has 2 unspecified atom stereocenters. The Morgan fingerprint density at radius 2 is 2.22 bits per heavy atom. The van der Waals surface area contributed by atoms with Crippen LogP contribution in [0.25, 0.3) is 0 Å². The fourth-order valence-electron chi connectivity index (χ4n) is 2.78. The molecule has 18 heavy (non-hydrogen) atoms. The number of aromatic nitrogens is 2. The molecule has 2 rings (SSSR count). The molecule has 2 atom stereocenters. The van der Waals surface area contributed by atoms with Gasteiger partial charge >= 0.3 is 0 Å². The smallest absolute Gasteiger partial charge is 0.133 e. The van der Waals surface area contributed by atoms with Crippen LogP contribution in [-0.4, -0.2) is 17.1 Å². The highest BCUT2D eigenvalue weighted by molar-refractivity contribution is 6.29. The maximum absolute atomic E-state index is 6.07. The predicted octanol–water partition coefficient (Wildman–Crippen LogP) is 3.96. The molecule has 1 aliphatic rings. The number of hydrogen-bond acceptors (Lipinski definition) is 3. The van der Waals surface area contributed by atoms with Crippen LogP contribution in [0.2, 0.25) is 5.15 Å². The standard InChI is InChI=1S/C14H21ClN2O/c1-3-10-5-4-6-11(7-10)14-16-12(9-18-2)8-13(15)17-14/h8,10-11H,3-7,9H2,1-2H3. The molecule has 3 nitrogen and oxygen atoms in total. The number of hydrogen-bond donors (Lipinski definition) is 0. The number of halogens is 1. The quantitative estimate of drug-likeness (QED) is 0.776. The number of rotatable bonds is 4. The lowest BCUT2D eigenvalue weighted by molar-refractivity contribution is 0.180. The second-order valence-corrected chi connectivity index (χ2v) is 5.50. The first-order chi connectivity index (χ1) is 8.72.